The molecule has 1 aromatic carbocycles. The summed E-state index contributed by atoms with van der Waals surface area (Å²) >= 11 is 1.48. The molecule has 2 fully saturated rings. The van der Waals surface area contributed by atoms with Gasteiger partial charge in [-0.2, -0.15) is 0 Å². The molecule has 2 N–H and O–H groups in total. The Labute approximate surface area is 164 Å². The van der Waals surface area contributed by atoms with E-state index in [1.165, 1.54) is 36.6 Å². The van der Waals surface area contributed by atoms with Crippen LogP contribution in [-0.4, -0.2) is 24.5 Å². The minimum absolute atomic E-state index is 0.0707. The van der Waals surface area contributed by atoms with Gasteiger partial charge in [-0.1, -0.05) is 30.8 Å². The van der Waals surface area contributed by atoms with Crippen molar-refractivity contribution < 1.29 is 9.21 Å². The number of furan rings is 1. The number of carbonyl (C=O) groups is 1. The molecule has 1 aromatic heterocycles. The first-order chi connectivity index (χ1) is 13.2. The van der Waals surface area contributed by atoms with E-state index in [9.17, 15) is 4.79 Å². The molecule has 0 spiro atoms. The molecule has 2 aromatic rings. The van der Waals surface area contributed by atoms with Crippen LogP contribution in [0.25, 0.3) is 6.08 Å². The maximum atomic E-state index is 12.3. The van der Waals surface area contributed by atoms with Crippen molar-refractivity contribution in [1.29, 1.82) is 0 Å². The van der Waals surface area contributed by atoms with Crippen molar-refractivity contribution >= 4 is 35.3 Å². The monoisotopic (exact) mass is 383 g/mol. The van der Waals surface area contributed by atoms with Gasteiger partial charge in [0, 0.05) is 30.9 Å². The molecule has 6 heteroatoms. The number of thioether (sulfide) groups is 1. The van der Waals surface area contributed by atoms with Crippen molar-refractivity contribution in [2.75, 3.05) is 23.3 Å². The van der Waals surface area contributed by atoms with Gasteiger partial charge in [0.1, 0.15) is 5.76 Å². The Balaban J connectivity index is 1.40. The minimum atomic E-state index is -0.173. The number of benzene rings is 1. The highest BCUT2D eigenvalue weighted by Gasteiger charge is 2.27. The normalized spacial score (nSPS) is 21.5. The van der Waals surface area contributed by atoms with Crippen molar-refractivity contribution in [2.45, 2.75) is 38.1 Å². The number of hydrogen-bond donors (Lipinski definition) is 2. The Hall–Kier alpha value is -2.34. The number of carbonyl (C=O) groups excluding carboxylic acids is 1. The van der Waals surface area contributed by atoms with Gasteiger partial charge in [-0.3, -0.25) is 4.79 Å². The van der Waals surface area contributed by atoms with Gasteiger partial charge in [0.15, 0.2) is 11.4 Å². The summed E-state index contributed by atoms with van der Waals surface area (Å²) in [5.74, 6) is 1.55. The molecule has 0 aliphatic carbocycles. The first-order valence-corrected chi connectivity index (χ1v) is 10.5. The molecular weight excluding hydrogens is 358 g/mol. The largest absolute Gasteiger partial charge is 0.441 e. The molecule has 5 nitrogen and oxygen atoms in total. The summed E-state index contributed by atoms with van der Waals surface area (Å²) < 4.78 is 5.95. The van der Waals surface area contributed by atoms with Crippen LogP contribution in [0.1, 0.15) is 37.5 Å². The van der Waals surface area contributed by atoms with Crippen molar-refractivity contribution in [3.8, 4) is 0 Å². The lowest BCUT2D eigenvalue weighted by molar-refractivity contribution is -0.116. The highest BCUT2D eigenvalue weighted by Crippen LogP contribution is 2.31. The zero-order valence-corrected chi connectivity index (χ0v) is 16.3. The summed E-state index contributed by atoms with van der Waals surface area (Å²) in [5, 5.41) is 6.31. The van der Waals surface area contributed by atoms with Gasteiger partial charge in [0.2, 0.25) is 0 Å². The Kier molecular flexibility index (Phi) is 5.43. The molecule has 0 unspecified atom stereocenters. The first kappa shape index (κ1) is 18.0. The predicted molar refractivity (Wildman–Crippen MR) is 112 cm³/mol. The molecule has 27 heavy (non-hydrogen) atoms. The summed E-state index contributed by atoms with van der Waals surface area (Å²) in [4.78, 5) is 15.2. The summed E-state index contributed by atoms with van der Waals surface area (Å²) in [7, 11) is 0. The fourth-order valence-electron chi connectivity index (χ4n) is 3.39. The molecule has 3 heterocycles. The number of hydrogen-bond acceptors (Lipinski definition) is 5. The van der Waals surface area contributed by atoms with Crippen molar-refractivity contribution in [1.82, 2.24) is 5.32 Å². The van der Waals surface area contributed by atoms with Crippen molar-refractivity contribution in [2.24, 2.45) is 0 Å². The van der Waals surface area contributed by atoms with Crippen LogP contribution in [0.2, 0.25) is 0 Å². The van der Waals surface area contributed by atoms with E-state index >= 15 is 0 Å². The topological polar surface area (TPSA) is 57.5 Å². The fraction of sp³-hybridized carbons (Fsp3) is 0.381. The smallest absolute Gasteiger partial charge is 0.260 e. The average Bonchev–Trinajstić information content (AvgIpc) is 3.30. The van der Waals surface area contributed by atoms with Crippen LogP contribution in [0.5, 0.6) is 0 Å². The van der Waals surface area contributed by atoms with E-state index in [1.807, 2.05) is 30.3 Å². The molecule has 2 saturated heterocycles. The molecule has 1 amide bonds. The Morgan fingerprint density at radius 2 is 1.96 bits per heavy atom. The highest BCUT2D eigenvalue weighted by molar-refractivity contribution is 8.05. The summed E-state index contributed by atoms with van der Waals surface area (Å²) in [5.41, 5.74) is 2.12. The third-order valence-electron chi connectivity index (χ3n) is 4.94. The van der Waals surface area contributed by atoms with Gasteiger partial charge >= 0.3 is 0 Å². The van der Waals surface area contributed by atoms with E-state index in [0.717, 1.165) is 36.8 Å². The lowest BCUT2D eigenvalue weighted by Crippen LogP contribution is -2.30. The maximum Gasteiger partial charge on any atom is 0.260 e. The number of anilines is 2. The zero-order valence-electron chi connectivity index (χ0n) is 15.5. The summed E-state index contributed by atoms with van der Waals surface area (Å²) in [6.07, 6.45) is 6.56. The van der Waals surface area contributed by atoms with Gasteiger partial charge in [0.25, 0.3) is 5.91 Å². The second kappa shape index (κ2) is 8.13. The first-order valence-electron chi connectivity index (χ1n) is 9.61. The van der Waals surface area contributed by atoms with Gasteiger partial charge in [-0.25, -0.2) is 0 Å². The van der Waals surface area contributed by atoms with E-state index < -0.39 is 0 Å². The van der Waals surface area contributed by atoms with Crippen LogP contribution in [0, 0.1) is 0 Å². The second-order valence-corrected chi connectivity index (χ2v) is 8.05. The number of aryl methyl sites for hydroxylation is 1. The van der Waals surface area contributed by atoms with Gasteiger partial charge in [-0.15, -0.1) is 0 Å². The van der Waals surface area contributed by atoms with Crippen LogP contribution in [0.3, 0.4) is 0 Å². The molecule has 2 aliphatic rings. The van der Waals surface area contributed by atoms with Crippen LogP contribution in [0.4, 0.5) is 11.6 Å². The van der Waals surface area contributed by atoms with Crippen LogP contribution in [0.15, 0.2) is 45.7 Å². The van der Waals surface area contributed by atoms with Crippen LogP contribution < -0.4 is 15.5 Å². The molecule has 142 valence electrons. The number of piperidine rings is 1. The quantitative estimate of drug-likeness (QED) is 0.748. The summed E-state index contributed by atoms with van der Waals surface area (Å²) in [6, 6.07) is 12.2. The summed E-state index contributed by atoms with van der Waals surface area (Å²) in [6.45, 7) is 4.22. The van der Waals surface area contributed by atoms with Crippen LogP contribution >= 0.6 is 11.8 Å². The molecule has 1 atom stereocenters. The van der Waals surface area contributed by atoms with Gasteiger partial charge in [-0.05, 0) is 49.4 Å². The van der Waals surface area contributed by atoms with Crippen molar-refractivity contribution in [3.05, 3.63) is 52.6 Å². The number of nitrogens with one attached hydrogen (secondary N) is 2. The lowest BCUT2D eigenvalue weighted by atomic mass is 10.1. The minimum Gasteiger partial charge on any atom is -0.441 e. The number of rotatable bonds is 5. The highest BCUT2D eigenvalue weighted by atomic mass is 32.2. The third-order valence-corrected chi connectivity index (χ3v) is 5.97. The van der Waals surface area contributed by atoms with E-state index in [0.29, 0.717) is 4.91 Å². The van der Waals surface area contributed by atoms with Gasteiger partial charge < -0.3 is 20.0 Å². The maximum absolute atomic E-state index is 12.3. The molecular formula is C21H25N3O2S. The van der Waals surface area contributed by atoms with Crippen LogP contribution in [-0.2, 0) is 11.2 Å². The van der Waals surface area contributed by atoms with Gasteiger partial charge in [0.05, 0.1) is 4.91 Å². The standard InChI is InChI=1S/C21H25N3O2S/c1-2-15-6-8-16(9-7-15)22-21-23-20(25)18(27-21)14-17-10-11-19(26-17)24-12-4-3-5-13-24/h6-11,14,21-22H,2-5,12-13H2,1H3,(H,23,25)/b18-14-/t21-/m1/s1. The van der Waals surface area contributed by atoms with E-state index in [1.54, 1.807) is 0 Å². The Morgan fingerprint density at radius 1 is 1.19 bits per heavy atom. The Morgan fingerprint density at radius 3 is 2.70 bits per heavy atom. The average molecular weight is 384 g/mol. The van der Waals surface area contributed by atoms with E-state index in [4.69, 9.17) is 4.42 Å². The third kappa shape index (κ3) is 4.33. The molecule has 0 bridgehead atoms. The SMILES string of the molecule is CCc1ccc(N[C@@H]2NC(=O)/C(=C/c3ccc(N4CCCCC4)o3)S2)cc1. The lowest BCUT2D eigenvalue weighted by Gasteiger charge is -2.25. The second-order valence-electron chi connectivity index (χ2n) is 6.90. The van der Waals surface area contributed by atoms with E-state index in [-0.39, 0.29) is 11.4 Å². The Bertz CT molecular complexity index is 822. The molecule has 0 saturated carbocycles. The molecule has 2 aliphatic heterocycles. The predicted octanol–water partition coefficient (Wildman–Crippen LogP) is 4.43. The zero-order chi connectivity index (χ0) is 18.6. The van der Waals surface area contributed by atoms with Crippen molar-refractivity contribution in [3.63, 3.8) is 0 Å². The fourth-order valence-corrected chi connectivity index (χ4v) is 4.35. The van der Waals surface area contributed by atoms with E-state index in [2.05, 4.69) is 34.6 Å². The number of amides is 1. The molecule has 0 radical (unpaired) electrons. The molecule has 4 rings (SSSR count). The number of nitrogens with zero attached hydrogens (tertiary/aromatic N) is 1.